The Bertz CT molecular complexity index is 877. The minimum absolute atomic E-state index is 0.0123. The average molecular weight is 446 g/mol. The fraction of sp³-hybridized carbons (Fsp3) is 0.333. The van der Waals surface area contributed by atoms with Crippen molar-refractivity contribution >= 4 is 33.4 Å². The van der Waals surface area contributed by atoms with Gasteiger partial charge in [-0.3, -0.25) is 9.59 Å². The topological polar surface area (TPSA) is 70.7 Å². The molecule has 2 aromatic rings. The molecule has 2 amide bonds. The summed E-state index contributed by atoms with van der Waals surface area (Å²) in [6.45, 7) is 5.04. The van der Waals surface area contributed by atoms with Crippen LogP contribution in [0.4, 0.5) is 5.69 Å². The van der Waals surface area contributed by atoms with Crippen LogP contribution in [0.15, 0.2) is 40.9 Å². The van der Waals surface area contributed by atoms with Crippen LogP contribution < -0.4 is 15.4 Å². The first kappa shape index (κ1) is 20.4. The van der Waals surface area contributed by atoms with Gasteiger partial charge in [0.15, 0.2) is 0 Å². The minimum Gasteiger partial charge on any atom is -0.497 e. The number of rotatable bonds is 4. The first-order valence-electron chi connectivity index (χ1n) is 9.25. The Morgan fingerprint density at radius 3 is 2.75 bits per heavy atom. The third-order valence-corrected chi connectivity index (χ3v) is 5.47. The van der Waals surface area contributed by atoms with Gasteiger partial charge in [0.05, 0.1) is 12.7 Å². The molecule has 0 radical (unpaired) electrons. The number of amides is 2. The van der Waals surface area contributed by atoms with Crippen LogP contribution in [0.1, 0.15) is 32.7 Å². The Kier molecular flexibility index (Phi) is 6.70. The van der Waals surface area contributed by atoms with Crippen LogP contribution in [0.5, 0.6) is 5.75 Å². The summed E-state index contributed by atoms with van der Waals surface area (Å²) >= 11 is 3.41. The third kappa shape index (κ3) is 4.72. The van der Waals surface area contributed by atoms with Gasteiger partial charge < -0.3 is 20.3 Å². The number of nitrogens with zero attached hydrogens (tertiary/aromatic N) is 1. The Hall–Kier alpha value is -2.38. The first-order valence-corrected chi connectivity index (χ1v) is 10.0. The predicted molar refractivity (Wildman–Crippen MR) is 113 cm³/mol. The van der Waals surface area contributed by atoms with E-state index in [4.69, 9.17) is 4.74 Å². The molecule has 0 aliphatic carbocycles. The SMILES string of the molecule is COc1ccc(Br)c(C(=O)Nc2cc(C(=O)N3CCCNCC3)ccc2C)c1. The fourth-order valence-electron chi connectivity index (χ4n) is 3.12. The van der Waals surface area contributed by atoms with Crippen molar-refractivity contribution in [1.82, 2.24) is 10.2 Å². The van der Waals surface area contributed by atoms with Crippen LogP contribution in [-0.4, -0.2) is 50.0 Å². The Balaban J connectivity index is 1.81. The molecule has 2 aromatic carbocycles. The van der Waals surface area contributed by atoms with Gasteiger partial charge in [-0.25, -0.2) is 0 Å². The molecule has 28 heavy (non-hydrogen) atoms. The zero-order chi connectivity index (χ0) is 20.1. The van der Waals surface area contributed by atoms with E-state index < -0.39 is 0 Å². The Morgan fingerprint density at radius 1 is 1.14 bits per heavy atom. The summed E-state index contributed by atoms with van der Waals surface area (Å²) in [6.07, 6.45) is 0.936. The lowest BCUT2D eigenvalue weighted by molar-refractivity contribution is 0.0766. The van der Waals surface area contributed by atoms with Gasteiger partial charge in [-0.15, -0.1) is 0 Å². The summed E-state index contributed by atoms with van der Waals surface area (Å²) in [4.78, 5) is 27.5. The summed E-state index contributed by atoms with van der Waals surface area (Å²) < 4.78 is 5.88. The van der Waals surface area contributed by atoms with Crippen LogP contribution in [0, 0.1) is 6.92 Å². The highest BCUT2D eigenvalue weighted by Crippen LogP contribution is 2.25. The van der Waals surface area contributed by atoms with Crippen molar-refractivity contribution < 1.29 is 14.3 Å². The second kappa shape index (κ2) is 9.21. The average Bonchev–Trinajstić information content (AvgIpc) is 2.99. The molecule has 1 saturated heterocycles. The molecule has 0 spiro atoms. The monoisotopic (exact) mass is 445 g/mol. The third-order valence-electron chi connectivity index (χ3n) is 4.78. The fourth-order valence-corrected chi connectivity index (χ4v) is 3.54. The predicted octanol–water partition coefficient (Wildman–Crippen LogP) is 3.45. The molecular formula is C21H24BrN3O3. The summed E-state index contributed by atoms with van der Waals surface area (Å²) in [6, 6.07) is 10.7. The standard InChI is InChI=1S/C21H24BrN3O3/c1-14-4-5-15(21(27)25-10-3-8-23-9-11-25)12-19(14)24-20(26)17-13-16(28-2)6-7-18(17)22/h4-7,12-13,23H,3,8-11H2,1-2H3,(H,24,26). The highest BCUT2D eigenvalue weighted by atomic mass is 79.9. The van der Waals surface area contributed by atoms with E-state index in [-0.39, 0.29) is 11.8 Å². The van der Waals surface area contributed by atoms with E-state index in [2.05, 4.69) is 26.6 Å². The second-order valence-corrected chi connectivity index (χ2v) is 7.58. The summed E-state index contributed by atoms with van der Waals surface area (Å²) in [5, 5.41) is 6.22. The largest absolute Gasteiger partial charge is 0.497 e. The molecular weight excluding hydrogens is 422 g/mol. The molecule has 1 aliphatic rings. The van der Waals surface area contributed by atoms with Gasteiger partial charge in [0.25, 0.3) is 11.8 Å². The highest BCUT2D eigenvalue weighted by Gasteiger charge is 2.19. The van der Waals surface area contributed by atoms with Gasteiger partial charge in [-0.2, -0.15) is 0 Å². The molecule has 3 rings (SSSR count). The summed E-state index contributed by atoms with van der Waals surface area (Å²) in [5.74, 6) is 0.322. The number of halogens is 1. The van der Waals surface area contributed by atoms with E-state index in [0.29, 0.717) is 33.6 Å². The number of anilines is 1. The molecule has 148 valence electrons. The summed E-state index contributed by atoms with van der Waals surface area (Å²) in [7, 11) is 1.56. The van der Waals surface area contributed by atoms with Crippen LogP contribution in [0.25, 0.3) is 0 Å². The van der Waals surface area contributed by atoms with Crippen molar-refractivity contribution in [2.24, 2.45) is 0 Å². The van der Waals surface area contributed by atoms with Gasteiger partial charge in [0.1, 0.15) is 5.75 Å². The van der Waals surface area contributed by atoms with Crippen LogP contribution in [0.2, 0.25) is 0 Å². The molecule has 7 heteroatoms. The molecule has 0 saturated carbocycles. The van der Waals surface area contributed by atoms with E-state index in [1.54, 1.807) is 31.4 Å². The maximum Gasteiger partial charge on any atom is 0.256 e. The van der Waals surface area contributed by atoms with Crippen molar-refractivity contribution in [3.8, 4) is 5.75 Å². The molecule has 1 fully saturated rings. The van der Waals surface area contributed by atoms with Gasteiger partial charge >= 0.3 is 0 Å². The highest BCUT2D eigenvalue weighted by molar-refractivity contribution is 9.10. The van der Waals surface area contributed by atoms with E-state index >= 15 is 0 Å². The minimum atomic E-state index is -0.266. The maximum atomic E-state index is 12.9. The van der Waals surface area contributed by atoms with Crippen molar-refractivity contribution in [1.29, 1.82) is 0 Å². The molecule has 0 atom stereocenters. The first-order chi connectivity index (χ1) is 13.5. The molecule has 0 unspecified atom stereocenters. The smallest absolute Gasteiger partial charge is 0.256 e. The lowest BCUT2D eigenvalue weighted by atomic mass is 10.1. The molecule has 0 bridgehead atoms. The van der Waals surface area contributed by atoms with Crippen LogP contribution >= 0.6 is 15.9 Å². The number of methoxy groups -OCH3 is 1. The number of benzene rings is 2. The van der Waals surface area contributed by atoms with E-state index in [1.807, 2.05) is 24.0 Å². The number of carbonyl (C=O) groups is 2. The maximum absolute atomic E-state index is 12.9. The number of ether oxygens (including phenoxy) is 1. The lowest BCUT2D eigenvalue weighted by Gasteiger charge is -2.20. The quantitative estimate of drug-likeness (QED) is 0.755. The summed E-state index contributed by atoms with van der Waals surface area (Å²) in [5.41, 5.74) is 2.56. The molecule has 1 heterocycles. The van der Waals surface area contributed by atoms with Gasteiger partial charge in [0, 0.05) is 35.4 Å². The Labute approximate surface area is 173 Å². The number of nitrogens with one attached hydrogen (secondary N) is 2. The zero-order valence-corrected chi connectivity index (χ0v) is 17.6. The molecule has 0 aromatic heterocycles. The number of aryl methyl sites for hydroxylation is 1. The molecule has 2 N–H and O–H groups in total. The number of hydrogen-bond donors (Lipinski definition) is 2. The van der Waals surface area contributed by atoms with Gasteiger partial charge in [-0.05, 0) is 71.7 Å². The lowest BCUT2D eigenvalue weighted by Crippen LogP contribution is -2.34. The van der Waals surface area contributed by atoms with Crippen LogP contribution in [0.3, 0.4) is 0 Å². The van der Waals surface area contributed by atoms with Gasteiger partial charge in [0.2, 0.25) is 0 Å². The Morgan fingerprint density at radius 2 is 1.96 bits per heavy atom. The van der Waals surface area contributed by atoms with E-state index in [0.717, 1.165) is 31.6 Å². The number of carbonyl (C=O) groups excluding carboxylic acids is 2. The van der Waals surface area contributed by atoms with Crippen molar-refractivity contribution in [3.63, 3.8) is 0 Å². The van der Waals surface area contributed by atoms with Crippen LogP contribution in [-0.2, 0) is 0 Å². The molecule has 1 aliphatic heterocycles. The zero-order valence-electron chi connectivity index (χ0n) is 16.0. The molecule has 6 nitrogen and oxygen atoms in total. The van der Waals surface area contributed by atoms with Gasteiger partial charge in [-0.1, -0.05) is 6.07 Å². The van der Waals surface area contributed by atoms with Crippen molar-refractivity contribution in [2.45, 2.75) is 13.3 Å². The van der Waals surface area contributed by atoms with Crippen molar-refractivity contribution in [3.05, 3.63) is 57.6 Å². The second-order valence-electron chi connectivity index (χ2n) is 6.73. The van der Waals surface area contributed by atoms with E-state index in [9.17, 15) is 9.59 Å². The van der Waals surface area contributed by atoms with Crippen molar-refractivity contribution in [2.75, 3.05) is 38.6 Å². The normalized spacial score (nSPS) is 14.3. The van der Waals surface area contributed by atoms with E-state index in [1.165, 1.54) is 0 Å². The number of hydrogen-bond acceptors (Lipinski definition) is 4.